The fourth-order valence-electron chi connectivity index (χ4n) is 3.84. The average molecular weight is 428 g/mol. The second kappa shape index (κ2) is 8.14. The van der Waals surface area contributed by atoms with Gasteiger partial charge in [0.15, 0.2) is 0 Å². The molecule has 1 aliphatic rings. The summed E-state index contributed by atoms with van der Waals surface area (Å²) >= 11 is 0. The number of ether oxygens (including phenoxy) is 1. The molecule has 1 amide bonds. The quantitative estimate of drug-likeness (QED) is 0.486. The normalized spacial score (nSPS) is 15.7. The molecule has 5 rings (SSSR count). The number of hydrogen-bond donors (Lipinski definition) is 0. The van der Waals surface area contributed by atoms with E-state index in [9.17, 15) is 9.59 Å². The second-order valence-corrected chi connectivity index (χ2v) is 7.44. The number of carbonyl (C=O) groups is 1. The van der Waals surface area contributed by atoms with Gasteiger partial charge in [0.05, 0.1) is 36.3 Å². The Morgan fingerprint density at radius 1 is 1.12 bits per heavy atom. The van der Waals surface area contributed by atoms with E-state index < -0.39 is 6.04 Å². The van der Waals surface area contributed by atoms with E-state index >= 15 is 0 Å². The van der Waals surface area contributed by atoms with Gasteiger partial charge in [-0.3, -0.25) is 14.2 Å². The predicted molar refractivity (Wildman–Crippen MR) is 118 cm³/mol. The SMILES string of the molecule is COc1ccc(C2=NN(C(=O)Cn3cnc4ccccc4c3=O)[C@@H](c3ccco3)C2)cc1. The van der Waals surface area contributed by atoms with Gasteiger partial charge >= 0.3 is 0 Å². The van der Waals surface area contributed by atoms with Crippen LogP contribution in [0.25, 0.3) is 10.9 Å². The van der Waals surface area contributed by atoms with Crippen molar-refractivity contribution in [1.82, 2.24) is 14.6 Å². The predicted octanol–water partition coefficient (Wildman–Crippen LogP) is 3.38. The van der Waals surface area contributed by atoms with Gasteiger partial charge in [-0.05, 0) is 54.1 Å². The molecule has 0 saturated heterocycles. The van der Waals surface area contributed by atoms with Crippen molar-refractivity contribution in [3.63, 3.8) is 0 Å². The number of furan rings is 1. The monoisotopic (exact) mass is 428 g/mol. The Kier molecular flexibility index (Phi) is 5.03. The minimum Gasteiger partial charge on any atom is -0.497 e. The summed E-state index contributed by atoms with van der Waals surface area (Å²) in [6, 6.07) is 17.8. The number of aromatic nitrogens is 2. The van der Waals surface area contributed by atoms with Crippen LogP contribution in [0.4, 0.5) is 0 Å². The lowest BCUT2D eigenvalue weighted by Crippen LogP contribution is -2.34. The standard InChI is InChI=1S/C24H20N4O4/c1-31-17-10-8-16(9-11-17)20-13-21(22-7-4-12-32-22)28(26-20)23(29)14-27-15-25-19-6-3-2-5-18(19)24(27)30/h2-12,15,21H,13-14H2,1H3/t21-/m1/s1. The fraction of sp³-hybridized carbons (Fsp3) is 0.167. The summed E-state index contributed by atoms with van der Waals surface area (Å²) in [5.41, 5.74) is 1.97. The molecule has 3 heterocycles. The second-order valence-electron chi connectivity index (χ2n) is 7.44. The third-order valence-corrected chi connectivity index (χ3v) is 5.50. The van der Waals surface area contributed by atoms with Gasteiger partial charge < -0.3 is 9.15 Å². The first-order valence-corrected chi connectivity index (χ1v) is 10.2. The minimum absolute atomic E-state index is 0.173. The molecule has 0 spiro atoms. The lowest BCUT2D eigenvalue weighted by Gasteiger charge is -2.20. The summed E-state index contributed by atoms with van der Waals surface area (Å²) in [6.45, 7) is -0.173. The van der Waals surface area contributed by atoms with Gasteiger partial charge in [0.25, 0.3) is 11.5 Å². The van der Waals surface area contributed by atoms with Crippen molar-refractivity contribution in [2.75, 3.05) is 7.11 Å². The average Bonchev–Trinajstić information content (AvgIpc) is 3.51. The van der Waals surface area contributed by atoms with Crippen molar-refractivity contribution in [2.45, 2.75) is 19.0 Å². The molecule has 1 atom stereocenters. The van der Waals surface area contributed by atoms with Gasteiger partial charge in [0.1, 0.15) is 24.1 Å². The summed E-state index contributed by atoms with van der Waals surface area (Å²) in [6.07, 6.45) is 3.46. The fourth-order valence-corrected chi connectivity index (χ4v) is 3.84. The number of para-hydroxylation sites is 1. The minimum atomic E-state index is -0.390. The highest BCUT2D eigenvalue weighted by molar-refractivity contribution is 6.03. The molecule has 0 N–H and O–H groups in total. The molecule has 0 fully saturated rings. The van der Waals surface area contributed by atoms with Crippen LogP contribution in [0.2, 0.25) is 0 Å². The summed E-state index contributed by atoms with van der Waals surface area (Å²) < 4.78 is 12.1. The number of fused-ring (bicyclic) bond motifs is 1. The maximum atomic E-state index is 13.3. The molecule has 0 unspecified atom stereocenters. The molecule has 1 aliphatic heterocycles. The zero-order valence-corrected chi connectivity index (χ0v) is 17.3. The summed E-state index contributed by atoms with van der Waals surface area (Å²) in [4.78, 5) is 30.4. The Balaban J connectivity index is 1.47. The van der Waals surface area contributed by atoms with Gasteiger partial charge in [-0.1, -0.05) is 12.1 Å². The van der Waals surface area contributed by atoms with E-state index in [2.05, 4.69) is 10.1 Å². The Bertz CT molecular complexity index is 1360. The Labute approximate surface area is 183 Å². The zero-order valence-electron chi connectivity index (χ0n) is 17.3. The van der Waals surface area contributed by atoms with Crippen LogP contribution in [0.3, 0.4) is 0 Å². The largest absolute Gasteiger partial charge is 0.497 e. The third-order valence-electron chi connectivity index (χ3n) is 5.50. The van der Waals surface area contributed by atoms with Crippen molar-refractivity contribution in [3.05, 3.63) is 94.9 Å². The van der Waals surface area contributed by atoms with E-state index in [1.54, 1.807) is 37.6 Å². The van der Waals surface area contributed by atoms with E-state index in [0.717, 1.165) is 17.0 Å². The summed E-state index contributed by atoms with van der Waals surface area (Å²) in [5.74, 6) is 1.05. The van der Waals surface area contributed by atoms with Gasteiger partial charge in [0, 0.05) is 6.42 Å². The smallest absolute Gasteiger partial charge is 0.263 e. The maximum Gasteiger partial charge on any atom is 0.263 e. The Hall–Kier alpha value is -4.20. The number of amides is 1. The van der Waals surface area contributed by atoms with Crippen molar-refractivity contribution < 1.29 is 13.9 Å². The molecule has 0 aliphatic carbocycles. The number of nitrogens with zero attached hydrogens (tertiary/aromatic N) is 4. The molecule has 32 heavy (non-hydrogen) atoms. The van der Waals surface area contributed by atoms with Gasteiger partial charge in [-0.15, -0.1) is 0 Å². The van der Waals surface area contributed by atoms with E-state index in [4.69, 9.17) is 9.15 Å². The molecule has 0 bridgehead atoms. The lowest BCUT2D eigenvalue weighted by atomic mass is 10.0. The molecular formula is C24H20N4O4. The number of rotatable bonds is 5. The van der Waals surface area contributed by atoms with Crippen LogP contribution >= 0.6 is 0 Å². The molecule has 2 aromatic carbocycles. The van der Waals surface area contributed by atoms with Gasteiger partial charge in [0.2, 0.25) is 0 Å². The van der Waals surface area contributed by atoms with Gasteiger partial charge in [-0.2, -0.15) is 5.10 Å². The molecular weight excluding hydrogens is 408 g/mol. The zero-order chi connectivity index (χ0) is 22.1. The molecule has 160 valence electrons. The van der Waals surface area contributed by atoms with Crippen molar-refractivity contribution in [3.8, 4) is 5.75 Å². The molecule has 2 aromatic heterocycles. The van der Waals surface area contributed by atoms with Crippen molar-refractivity contribution >= 4 is 22.5 Å². The van der Waals surface area contributed by atoms with E-state index in [0.29, 0.717) is 23.1 Å². The Morgan fingerprint density at radius 3 is 2.69 bits per heavy atom. The van der Waals surface area contributed by atoms with E-state index in [-0.39, 0.29) is 18.0 Å². The van der Waals surface area contributed by atoms with Crippen LogP contribution in [-0.2, 0) is 11.3 Å². The highest BCUT2D eigenvalue weighted by Crippen LogP contribution is 2.33. The Morgan fingerprint density at radius 2 is 1.94 bits per heavy atom. The number of benzene rings is 2. The van der Waals surface area contributed by atoms with E-state index in [1.165, 1.54) is 15.9 Å². The molecule has 8 heteroatoms. The molecule has 4 aromatic rings. The van der Waals surface area contributed by atoms with Gasteiger partial charge in [-0.25, -0.2) is 9.99 Å². The van der Waals surface area contributed by atoms with Crippen LogP contribution in [0.15, 0.2) is 87.6 Å². The number of hydrazone groups is 1. The van der Waals surface area contributed by atoms with Crippen molar-refractivity contribution in [1.29, 1.82) is 0 Å². The van der Waals surface area contributed by atoms with Crippen LogP contribution < -0.4 is 10.3 Å². The maximum absolute atomic E-state index is 13.3. The highest BCUT2D eigenvalue weighted by Gasteiger charge is 2.35. The van der Waals surface area contributed by atoms with Crippen molar-refractivity contribution in [2.24, 2.45) is 5.10 Å². The summed E-state index contributed by atoms with van der Waals surface area (Å²) in [5, 5.41) is 6.47. The first-order valence-electron chi connectivity index (χ1n) is 10.2. The third kappa shape index (κ3) is 3.56. The van der Waals surface area contributed by atoms with E-state index in [1.807, 2.05) is 36.4 Å². The lowest BCUT2D eigenvalue weighted by molar-refractivity contribution is -0.134. The number of carbonyl (C=O) groups excluding carboxylic acids is 1. The number of methoxy groups -OCH3 is 1. The first-order chi connectivity index (χ1) is 15.6. The number of hydrogen-bond acceptors (Lipinski definition) is 6. The van der Waals surface area contributed by atoms with Crippen LogP contribution in [-0.4, -0.2) is 33.3 Å². The summed E-state index contributed by atoms with van der Waals surface area (Å²) in [7, 11) is 1.61. The van der Waals surface area contributed by atoms with Crippen LogP contribution in [0, 0.1) is 0 Å². The first kappa shape index (κ1) is 19.7. The van der Waals surface area contributed by atoms with Crippen LogP contribution in [0.1, 0.15) is 23.8 Å². The molecule has 8 nitrogen and oxygen atoms in total. The topological polar surface area (TPSA) is 89.9 Å². The highest BCUT2D eigenvalue weighted by atomic mass is 16.5. The molecule has 0 saturated carbocycles. The molecule has 0 radical (unpaired) electrons. The van der Waals surface area contributed by atoms with Crippen LogP contribution in [0.5, 0.6) is 5.75 Å².